The van der Waals surface area contributed by atoms with Crippen LogP contribution in [0.1, 0.15) is 30.7 Å². The molecule has 2 aromatic heterocycles. The Hall–Kier alpha value is -4.38. The highest BCUT2D eigenvalue weighted by Crippen LogP contribution is 2.32. The number of carbonyl (C=O) groups is 1. The van der Waals surface area contributed by atoms with E-state index in [0.29, 0.717) is 27.8 Å². The van der Waals surface area contributed by atoms with Gasteiger partial charge in [0.25, 0.3) is 5.91 Å². The first-order valence-corrected chi connectivity index (χ1v) is 17.2. The fraction of sp³-hybridized carbons (Fsp3) is 0.206. The van der Waals surface area contributed by atoms with Gasteiger partial charge in [-0.05, 0) is 85.0 Å². The zero-order valence-electron chi connectivity index (χ0n) is 24.7. The summed E-state index contributed by atoms with van der Waals surface area (Å²) < 4.78 is 29.7. The highest BCUT2D eigenvalue weighted by atomic mass is 35.5. The Morgan fingerprint density at radius 2 is 1.54 bits per heavy atom. The topological polar surface area (TPSA) is 100 Å². The van der Waals surface area contributed by atoms with Gasteiger partial charge in [-0.2, -0.15) is 8.42 Å². The number of benzene rings is 3. The molecule has 46 heavy (non-hydrogen) atoms. The van der Waals surface area contributed by atoms with Gasteiger partial charge in [-0.1, -0.05) is 47.5 Å². The second kappa shape index (κ2) is 12.4. The molecule has 0 aliphatic carbocycles. The van der Waals surface area contributed by atoms with Crippen LogP contribution in [-0.4, -0.2) is 48.5 Å². The Morgan fingerprint density at radius 1 is 0.826 bits per heavy atom. The monoisotopic (exact) mass is 672 g/mol. The normalized spacial score (nSPS) is 16.1. The molecule has 234 valence electrons. The van der Waals surface area contributed by atoms with Crippen LogP contribution in [0.25, 0.3) is 28.1 Å². The lowest BCUT2D eigenvalue weighted by Gasteiger charge is -2.27. The Balaban J connectivity index is 1.17. The minimum absolute atomic E-state index is 0.258. The van der Waals surface area contributed by atoms with E-state index in [1.165, 1.54) is 19.3 Å². The first kappa shape index (κ1) is 30.3. The molecule has 0 spiro atoms. The molecule has 0 atom stereocenters. The zero-order chi connectivity index (χ0) is 31.8. The third kappa shape index (κ3) is 6.20. The summed E-state index contributed by atoms with van der Waals surface area (Å²) in [5.41, 5.74) is 5.78. The fourth-order valence-corrected chi connectivity index (χ4v) is 7.57. The van der Waals surface area contributed by atoms with Crippen molar-refractivity contribution in [3.63, 3.8) is 0 Å². The highest BCUT2D eigenvalue weighted by Gasteiger charge is 2.34. The summed E-state index contributed by atoms with van der Waals surface area (Å²) in [6.07, 6.45) is 8.09. The largest absolute Gasteiger partial charge is 0.357 e. The smallest absolute Gasteiger partial charge is 0.326 e. The second-order valence-electron chi connectivity index (χ2n) is 11.4. The van der Waals surface area contributed by atoms with Crippen molar-refractivity contribution in [1.29, 1.82) is 0 Å². The van der Waals surface area contributed by atoms with Gasteiger partial charge < -0.3 is 9.47 Å². The summed E-state index contributed by atoms with van der Waals surface area (Å²) in [5, 5.41) is 1.02. The quantitative estimate of drug-likeness (QED) is 0.207. The fourth-order valence-electron chi connectivity index (χ4n) is 5.91. The number of nitrogens with zero attached hydrogens (tertiary/aromatic N) is 5. The van der Waals surface area contributed by atoms with E-state index in [2.05, 4.69) is 41.3 Å². The van der Waals surface area contributed by atoms with Crippen LogP contribution in [0.5, 0.6) is 0 Å². The molecule has 0 saturated carbocycles. The molecule has 3 aromatic carbocycles. The number of amides is 1. The van der Waals surface area contributed by atoms with Gasteiger partial charge in [0.15, 0.2) is 0 Å². The molecule has 2 aliphatic rings. The van der Waals surface area contributed by atoms with Crippen molar-refractivity contribution in [3.8, 4) is 28.1 Å². The predicted molar refractivity (Wildman–Crippen MR) is 182 cm³/mol. The lowest BCUT2D eigenvalue weighted by molar-refractivity contribution is -0.117. The summed E-state index contributed by atoms with van der Waals surface area (Å²) in [4.78, 5) is 23.8. The maximum Gasteiger partial charge on any atom is 0.326 e. The summed E-state index contributed by atoms with van der Waals surface area (Å²) in [7, 11) is -3.90. The minimum atomic E-state index is -3.90. The Morgan fingerprint density at radius 3 is 2.20 bits per heavy atom. The van der Waals surface area contributed by atoms with Crippen molar-refractivity contribution in [2.24, 2.45) is 0 Å². The van der Waals surface area contributed by atoms with Crippen LogP contribution < -0.4 is 13.9 Å². The number of aromatic nitrogens is 3. The Kier molecular flexibility index (Phi) is 8.18. The van der Waals surface area contributed by atoms with Crippen LogP contribution in [0.3, 0.4) is 0 Å². The number of hydrogen-bond acceptors (Lipinski definition) is 6. The molecule has 1 N–H and O–H groups in total. The Bertz CT molecular complexity index is 2010. The molecule has 0 bridgehead atoms. The number of carbonyl (C=O) groups excluding carboxylic acids is 1. The molecule has 5 aromatic rings. The van der Waals surface area contributed by atoms with Crippen LogP contribution in [0.4, 0.5) is 11.5 Å². The van der Waals surface area contributed by atoms with Crippen molar-refractivity contribution in [3.05, 3.63) is 113 Å². The first-order valence-electron chi connectivity index (χ1n) is 15.0. The van der Waals surface area contributed by atoms with E-state index in [9.17, 15) is 13.2 Å². The molecular weight excluding hydrogens is 643 g/mol. The predicted octanol–water partition coefficient (Wildman–Crippen LogP) is 6.67. The standard InChI is InChI=1S/C34H30Cl2N6O3S/c35-26-9-14-29(30(36)19-26)31-21-41(27-10-12-28(13-11-27)42-22-34(43)39-46(42,44)45)33(38-31)18-23-4-6-24(7-5-23)25-8-15-32(37-20-25)40-16-2-1-3-17-40/h4-15,19-21H,1-3,16-18,22H2,(H,39,43). The number of nitrogens with one attached hydrogen (secondary N) is 1. The molecular formula is C34H30Cl2N6O3S. The molecule has 2 aliphatic heterocycles. The molecule has 2 fully saturated rings. The number of hydrogen-bond donors (Lipinski definition) is 1. The molecule has 12 heteroatoms. The molecule has 4 heterocycles. The summed E-state index contributed by atoms with van der Waals surface area (Å²) in [5.74, 6) is 1.23. The zero-order valence-corrected chi connectivity index (χ0v) is 27.1. The van der Waals surface area contributed by atoms with Crippen LogP contribution in [0.15, 0.2) is 91.3 Å². The minimum Gasteiger partial charge on any atom is -0.357 e. The molecule has 1 amide bonds. The summed E-state index contributed by atoms with van der Waals surface area (Å²) in [6.45, 7) is 1.86. The Labute approximate surface area is 277 Å². The van der Waals surface area contributed by atoms with Crippen LogP contribution in [0, 0.1) is 0 Å². The summed E-state index contributed by atoms with van der Waals surface area (Å²) in [6, 6.07) is 24.8. The maximum absolute atomic E-state index is 12.3. The number of rotatable bonds is 7. The molecule has 9 nitrogen and oxygen atoms in total. The number of anilines is 2. The van der Waals surface area contributed by atoms with E-state index < -0.39 is 16.1 Å². The van der Waals surface area contributed by atoms with Gasteiger partial charge in [0.1, 0.15) is 18.2 Å². The van der Waals surface area contributed by atoms with Crippen LogP contribution in [0.2, 0.25) is 10.0 Å². The van der Waals surface area contributed by atoms with Gasteiger partial charge >= 0.3 is 10.2 Å². The van der Waals surface area contributed by atoms with Crippen LogP contribution >= 0.6 is 23.2 Å². The van der Waals surface area contributed by atoms with Gasteiger partial charge in [-0.3, -0.25) is 4.79 Å². The SMILES string of the molecule is O=C1CN(c2ccc(-n3cc(-c4ccc(Cl)cc4Cl)nc3Cc3ccc(-c4ccc(N5CCCCC5)nc4)cc3)cc2)S(=O)(=O)N1. The number of piperidine rings is 1. The lowest BCUT2D eigenvalue weighted by Crippen LogP contribution is -2.29. The van der Waals surface area contributed by atoms with E-state index in [0.717, 1.165) is 57.0 Å². The average molecular weight is 674 g/mol. The van der Waals surface area contributed by atoms with E-state index in [4.69, 9.17) is 33.2 Å². The molecule has 0 radical (unpaired) electrons. The van der Waals surface area contributed by atoms with Crippen molar-refractivity contribution in [2.75, 3.05) is 28.8 Å². The van der Waals surface area contributed by atoms with E-state index in [1.807, 2.05) is 27.7 Å². The summed E-state index contributed by atoms with van der Waals surface area (Å²) >= 11 is 12.7. The molecule has 2 saturated heterocycles. The van der Waals surface area contributed by atoms with Gasteiger partial charge in [-0.25, -0.2) is 19.0 Å². The third-order valence-corrected chi connectivity index (χ3v) is 10.3. The maximum atomic E-state index is 12.3. The molecule has 7 rings (SSSR count). The van der Waals surface area contributed by atoms with Crippen molar-refractivity contribution in [2.45, 2.75) is 25.7 Å². The molecule has 0 unspecified atom stereocenters. The van der Waals surface area contributed by atoms with E-state index in [1.54, 1.807) is 36.4 Å². The number of halogens is 2. The van der Waals surface area contributed by atoms with Crippen molar-refractivity contribution in [1.82, 2.24) is 19.3 Å². The first-order chi connectivity index (χ1) is 22.2. The number of pyridine rings is 1. The van der Waals surface area contributed by atoms with Gasteiger partial charge in [0.2, 0.25) is 0 Å². The van der Waals surface area contributed by atoms with E-state index >= 15 is 0 Å². The van der Waals surface area contributed by atoms with E-state index in [-0.39, 0.29) is 6.54 Å². The average Bonchev–Trinajstić information content (AvgIpc) is 3.60. The lowest BCUT2D eigenvalue weighted by atomic mass is 10.0. The van der Waals surface area contributed by atoms with Crippen LogP contribution in [-0.2, 0) is 21.4 Å². The van der Waals surface area contributed by atoms with Crippen molar-refractivity contribution < 1.29 is 13.2 Å². The van der Waals surface area contributed by atoms with Gasteiger partial charge in [0, 0.05) is 53.7 Å². The second-order valence-corrected chi connectivity index (χ2v) is 13.9. The number of imidazole rings is 1. The third-order valence-electron chi connectivity index (χ3n) is 8.30. The van der Waals surface area contributed by atoms with Gasteiger partial charge in [-0.15, -0.1) is 0 Å². The highest BCUT2D eigenvalue weighted by molar-refractivity contribution is 7.92. The van der Waals surface area contributed by atoms with Crippen molar-refractivity contribution >= 4 is 50.8 Å². The van der Waals surface area contributed by atoms with Gasteiger partial charge in [0.05, 0.1) is 16.4 Å².